The summed E-state index contributed by atoms with van der Waals surface area (Å²) >= 11 is 1.66. The van der Waals surface area contributed by atoms with Crippen LogP contribution < -0.4 is 10.9 Å². The Labute approximate surface area is 127 Å². The number of hydrogen-bond acceptors (Lipinski definition) is 5. The van der Waals surface area contributed by atoms with Crippen molar-refractivity contribution in [1.82, 2.24) is 9.55 Å². The molecule has 0 radical (unpaired) electrons. The van der Waals surface area contributed by atoms with E-state index in [9.17, 15) is 4.79 Å². The van der Waals surface area contributed by atoms with Crippen molar-refractivity contribution in [3.63, 3.8) is 0 Å². The number of fused-ring (bicyclic) bond motifs is 3. The number of aryl methyl sites for hydroxylation is 2. The maximum absolute atomic E-state index is 12.9. The Balaban J connectivity index is 2.19. The quantitative estimate of drug-likeness (QED) is 0.888. The topological polar surface area (TPSA) is 67.2 Å². The first-order valence-electron chi connectivity index (χ1n) is 7.66. The number of thiophene rings is 1. The minimum atomic E-state index is 0.0287. The van der Waals surface area contributed by atoms with Crippen LogP contribution >= 0.6 is 11.3 Å². The molecule has 0 atom stereocenters. The predicted octanol–water partition coefficient (Wildman–Crippen LogP) is 2.15. The molecule has 0 saturated carbocycles. The molecule has 0 saturated heterocycles. The predicted molar refractivity (Wildman–Crippen MR) is 86.4 cm³/mol. The van der Waals surface area contributed by atoms with Crippen LogP contribution in [0.3, 0.4) is 0 Å². The second kappa shape index (κ2) is 6.15. The SMILES string of the molecule is CCCn1c(NCCO)nc2sc3c(c2c1=O)CCCC3. The Morgan fingerprint density at radius 2 is 2.19 bits per heavy atom. The molecule has 21 heavy (non-hydrogen) atoms. The van der Waals surface area contributed by atoms with Gasteiger partial charge in [-0.1, -0.05) is 6.92 Å². The summed E-state index contributed by atoms with van der Waals surface area (Å²) in [4.78, 5) is 19.7. The zero-order valence-electron chi connectivity index (χ0n) is 12.3. The smallest absolute Gasteiger partial charge is 0.263 e. The molecular weight excluding hydrogens is 286 g/mol. The molecule has 0 fully saturated rings. The van der Waals surface area contributed by atoms with E-state index in [0.29, 0.717) is 19.0 Å². The van der Waals surface area contributed by atoms with E-state index in [-0.39, 0.29) is 12.2 Å². The Bertz CT molecular complexity index is 705. The van der Waals surface area contributed by atoms with Crippen molar-refractivity contribution < 1.29 is 5.11 Å². The van der Waals surface area contributed by atoms with Crippen molar-refractivity contribution in [1.29, 1.82) is 0 Å². The third kappa shape index (κ3) is 2.58. The number of aromatic nitrogens is 2. The summed E-state index contributed by atoms with van der Waals surface area (Å²) in [7, 11) is 0. The summed E-state index contributed by atoms with van der Waals surface area (Å²) in [6.45, 7) is 3.14. The summed E-state index contributed by atoms with van der Waals surface area (Å²) in [6, 6.07) is 0. The van der Waals surface area contributed by atoms with Crippen molar-refractivity contribution >= 4 is 27.5 Å². The number of hydrogen-bond donors (Lipinski definition) is 2. The third-order valence-corrected chi connectivity index (χ3v) is 5.10. The lowest BCUT2D eigenvalue weighted by molar-refractivity contribution is 0.310. The standard InChI is InChI=1S/C15H21N3O2S/c1-2-8-18-14(20)12-10-5-3-4-6-11(10)21-13(12)17-15(18)16-7-9-19/h19H,2-9H2,1H3,(H,16,17). The molecule has 114 valence electrons. The largest absolute Gasteiger partial charge is 0.395 e. The highest BCUT2D eigenvalue weighted by molar-refractivity contribution is 7.18. The lowest BCUT2D eigenvalue weighted by Gasteiger charge is -2.13. The van der Waals surface area contributed by atoms with Gasteiger partial charge in [0.25, 0.3) is 5.56 Å². The van der Waals surface area contributed by atoms with E-state index in [1.807, 2.05) is 0 Å². The van der Waals surface area contributed by atoms with Crippen LogP contribution in [0.1, 0.15) is 36.6 Å². The second-order valence-corrected chi connectivity index (χ2v) is 6.52. The number of rotatable bonds is 5. The van der Waals surface area contributed by atoms with Gasteiger partial charge in [-0.3, -0.25) is 9.36 Å². The van der Waals surface area contributed by atoms with Crippen LogP contribution in [0.25, 0.3) is 10.2 Å². The fraction of sp³-hybridized carbons (Fsp3) is 0.600. The molecule has 2 aromatic heterocycles. The lowest BCUT2D eigenvalue weighted by Crippen LogP contribution is -2.26. The highest BCUT2D eigenvalue weighted by Gasteiger charge is 2.21. The van der Waals surface area contributed by atoms with Gasteiger partial charge in [0.1, 0.15) is 4.83 Å². The van der Waals surface area contributed by atoms with Crippen molar-refractivity contribution in [2.75, 3.05) is 18.5 Å². The first-order valence-corrected chi connectivity index (χ1v) is 8.47. The number of aliphatic hydroxyl groups excluding tert-OH is 1. The van der Waals surface area contributed by atoms with E-state index in [1.165, 1.54) is 16.9 Å². The van der Waals surface area contributed by atoms with Gasteiger partial charge < -0.3 is 10.4 Å². The van der Waals surface area contributed by atoms with Gasteiger partial charge in [-0.05, 0) is 37.7 Å². The summed E-state index contributed by atoms with van der Waals surface area (Å²) in [5, 5.41) is 12.9. The maximum atomic E-state index is 12.9. The number of nitrogens with one attached hydrogen (secondary N) is 1. The van der Waals surface area contributed by atoms with Crippen LogP contribution in [0, 0.1) is 0 Å². The van der Waals surface area contributed by atoms with Gasteiger partial charge in [0.2, 0.25) is 5.95 Å². The fourth-order valence-electron chi connectivity index (χ4n) is 2.97. The fourth-order valence-corrected chi connectivity index (χ4v) is 4.22. The second-order valence-electron chi connectivity index (χ2n) is 5.43. The molecule has 0 spiro atoms. The Hall–Kier alpha value is -1.40. The zero-order chi connectivity index (χ0) is 14.8. The van der Waals surface area contributed by atoms with Gasteiger partial charge in [-0.15, -0.1) is 11.3 Å². The molecule has 6 heteroatoms. The first kappa shape index (κ1) is 14.5. The highest BCUT2D eigenvalue weighted by Crippen LogP contribution is 2.34. The molecule has 2 heterocycles. The van der Waals surface area contributed by atoms with E-state index < -0.39 is 0 Å². The molecule has 2 N–H and O–H groups in total. The van der Waals surface area contributed by atoms with Crippen LogP contribution in [0.4, 0.5) is 5.95 Å². The molecule has 0 amide bonds. The molecule has 2 aromatic rings. The summed E-state index contributed by atoms with van der Waals surface area (Å²) in [6.07, 6.45) is 5.33. The zero-order valence-corrected chi connectivity index (χ0v) is 13.1. The minimum Gasteiger partial charge on any atom is -0.395 e. The Morgan fingerprint density at radius 1 is 1.38 bits per heavy atom. The van der Waals surface area contributed by atoms with Crippen LogP contribution in [0.15, 0.2) is 4.79 Å². The van der Waals surface area contributed by atoms with E-state index in [4.69, 9.17) is 5.11 Å². The van der Waals surface area contributed by atoms with Crippen molar-refractivity contribution in [3.05, 3.63) is 20.8 Å². The molecular formula is C15H21N3O2S. The summed E-state index contributed by atoms with van der Waals surface area (Å²) in [5.74, 6) is 0.585. The summed E-state index contributed by atoms with van der Waals surface area (Å²) in [5.41, 5.74) is 1.30. The van der Waals surface area contributed by atoms with Crippen molar-refractivity contribution in [3.8, 4) is 0 Å². The first-order chi connectivity index (χ1) is 10.3. The lowest BCUT2D eigenvalue weighted by atomic mass is 9.97. The molecule has 5 nitrogen and oxygen atoms in total. The van der Waals surface area contributed by atoms with Crippen LogP contribution in [0.5, 0.6) is 0 Å². The van der Waals surface area contributed by atoms with Gasteiger partial charge in [0.15, 0.2) is 0 Å². The molecule has 3 rings (SSSR count). The van der Waals surface area contributed by atoms with Gasteiger partial charge >= 0.3 is 0 Å². The van der Waals surface area contributed by atoms with Crippen molar-refractivity contribution in [2.24, 2.45) is 0 Å². The highest BCUT2D eigenvalue weighted by atomic mass is 32.1. The number of anilines is 1. The molecule has 1 aliphatic rings. The monoisotopic (exact) mass is 307 g/mol. The van der Waals surface area contributed by atoms with Crippen molar-refractivity contribution in [2.45, 2.75) is 45.6 Å². The maximum Gasteiger partial charge on any atom is 0.263 e. The third-order valence-electron chi connectivity index (χ3n) is 3.92. The average molecular weight is 307 g/mol. The van der Waals surface area contributed by atoms with Gasteiger partial charge in [-0.2, -0.15) is 0 Å². The van der Waals surface area contributed by atoms with Crippen LogP contribution in [-0.4, -0.2) is 27.8 Å². The van der Waals surface area contributed by atoms with E-state index in [2.05, 4.69) is 17.2 Å². The van der Waals surface area contributed by atoms with E-state index in [1.54, 1.807) is 15.9 Å². The molecule has 0 bridgehead atoms. The number of aliphatic hydroxyl groups is 1. The average Bonchev–Trinajstić information content (AvgIpc) is 2.86. The van der Waals surface area contributed by atoms with Gasteiger partial charge in [0.05, 0.1) is 12.0 Å². The van der Waals surface area contributed by atoms with E-state index in [0.717, 1.165) is 35.9 Å². The normalized spacial score (nSPS) is 14.4. The van der Waals surface area contributed by atoms with E-state index >= 15 is 0 Å². The molecule has 0 aromatic carbocycles. The Morgan fingerprint density at radius 3 is 2.95 bits per heavy atom. The van der Waals surface area contributed by atoms with Crippen LogP contribution in [0.2, 0.25) is 0 Å². The van der Waals surface area contributed by atoms with Gasteiger partial charge in [-0.25, -0.2) is 4.98 Å². The molecule has 0 unspecified atom stereocenters. The Kier molecular flexibility index (Phi) is 4.26. The van der Waals surface area contributed by atoms with Crippen LogP contribution in [-0.2, 0) is 19.4 Å². The number of nitrogens with zero attached hydrogens (tertiary/aromatic N) is 2. The minimum absolute atomic E-state index is 0.0287. The molecule has 0 aliphatic heterocycles. The van der Waals surface area contributed by atoms with Gasteiger partial charge in [0, 0.05) is 18.0 Å². The summed E-state index contributed by atoms with van der Waals surface area (Å²) < 4.78 is 1.72. The molecule has 1 aliphatic carbocycles.